The number of nitrogens with zero attached hydrogens (tertiary/aromatic N) is 1. The second kappa shape index (κ2) is 31.1. The summed E-state index contributed by atoms with van der Waals surface area (Å²) in [6.45, 7) is 6.71. The van der Waals surface area contributed by atoms with Crippen molar-refractivity contribution in [3.8, 4) is 0 Å². The predicted molar refractivity (Wildman–Crippen MR) is 190 cm³/mol. The number of hydrogen-bond donors (Lipinski definition) is 1. The van der Waals surface area contributed by atoms with Crippen molar-refractivity contribution in [2.75, 3.05) is 0 Å². The van der Waals surface area contributed by atoms with Crippen molar-refractivity contribution in [2.45, 2.75) is 213 Å². The average Bonchev–Trinajstić information content (AvgIpc) is 3.35. The van der Waals surface area contributed by atoms with Crippen LogP contribution in [0.25, 0.3) is 0 Å². The Morgan fingerprint density at radius 2 is 0.762 bits per heavy atom. The minimum absolute atomic E-state index is 1.11. The number of aromatic amines is 1. The van der Waals surface area contributed by atoms with E-state index in [-0.39, 0.29) is 0 Å². The Labute approximate surface area is 264 Å². The molecule has 42 heavy (non-hydrogen) atoms. The van der Waals surface area contributed by atoms with Crippen LogP contribution in [0.2, 0.25) is 0 Å². The first-order chi connectivity index (χ1) is 20.8. The second-order valence-corrected chi connectivity index (χ2v) is 13.1. The molecule has 0 atom stereocenters. The molecular weight excluding hydrogens is 508 g/mol. The quantitative estimate of drug-likeness (QED) is 0.0664. The van der Waals surface area contributed by atoms with E-state index in [1.807, 2.05) is 0 Å². The Balaban J connectivity index is 1.93. The van der Waals surface area contributed by atoms with E-state index >= 15 is 0 Å². The monoisotopic (exact) mass is 583 g/mol. The first kappa shape index (κ1) is 38.7. The zero-order chi connectivity index (χ0) is 30.2. The maximum atomic E-state index is 4.84. The summed E-state index contributed by atoms with van der Waals surface area (Å²) in [6, 6.07) is 0. The van der Waals surface area contributed by atoms with Gasteiger partial charge in [0.15, 0.2) is 0 Å². The van der Waals surface area contributed by atoms with Gasteiger partial charge in [0, 0.05) is 5.69 Å². The first-order valence-electron chi connectivity index (χ1n) is 19.1. The third kappa shape index (κ3) is 25.2. The molecule has 0 aliphatic carbocycles. The molecule has 0 unspecified atom stereocenters. The van der Waals surface area contributed by atoms with Crippen molar-refractivity contribution in [1.82, 2.24) is 9.97 Å². The van der Waals surface area contributed by atoms with E-state index in [1.54, 1.807) is 0 Å². The summed E-state index contributed by atoms with van der Waals surface area (Å²) in [5, 5.41) is 0. The van der Waals surface area contributed by atoms with Crippen molar-refractivity contribution in [3.63, 3.8) is 0 Å². The van der Waals surface area contributed by atoms with Gasteiger partial charge in [0.2, 0.25) is 0 Å². The molecular formula is C40H74N2. The van der Waals surface area contributed by atoms with Gasteiger partial charge in [0.25, 0.3) is 0 Å². The number of allylic oxidation sites excluding steroid dienone is 4. The van der Waals surface area contributed by atoms with E-state index in [1.165, 1.54) is 198 Å². The van der Waals surface area contributed by atoms with Gasteiger partial charge in [-0.05, 0) is 84.0 Å². The highest BCUT2D eigenvalue weighted by Gasteiger charge is 2.08. The number of aromatic nitrogens is 2. The average molecular weight is 583 g/mol. The summed E-state index contributed by atoms with van der Waals surface area (Å²) in [4.78, 5) is 8.42. The topological polar surface area (TPSA) is 28.7 Å². The van der Waals surface area contributed by atoms with Crippen molar-refractivity contribution < 1.29 is 0 Å². The van der Waals surface area contributed by atoms with Crippen molar-refractivity contribution in [3.05, 3.63) is 41.5 Å². The number of unbranched alkanes of at least 4 members (excludes halogenated alkanes) is 24. The zero-order valence-corrected chi connectivity index (χ0v) is 29.0. The molecule has 0 bridgehead atoms. The van der Waals surface area contributed by atoms with Gasteiger partial charge < -0.3 is 4.98 Å². The fourth-order valence-electron chi connectivity index (χ4n) is 6.09. The van der Waals surface area contributed by atoms with Crippen molar-refractivity contribution in [2.24, 2.45) is 0 Å². The molecule has 244 valence electrons. The van der Waals surface area contributed by atoms with Crippen molar-refractivity contribution in [1.29, 1.82) is 0 Å². The van der Waals surface area contributed by atoms with E-state index in [4.69, 9.17) is 4.98 Å². The van der Waals surface area contributed by atoms with E-state index in [2.05, 4.69) is 50.1 Å². The number of nitrogens with one attached hydrogen (secondary N) is 1. The molecule has 1 N–H and O–H groups in total. The molecule has 0 fully saturated rings. The maximum Gasteiger partial charge on any atom is 0.103 e. The molecule has 0 saturated carbocycles. The third-order valence-electron chi connectivity index (χ3n) is 8.85. The lowest BCUT2D eigenvalue weighted by molar-refractivity contribution is 0.586. The molecule has 1 aromatic rings. The van der Waals surface area contributed by atoms with E-state index in [0.717, 1.165) is 12.2 Å². The SMILES string of the molecule is CCCCCCCC/C=C\CCCCCCCCc1nc(C)[nH]c1CCCCCCCC/C=C\CCCCCCCC. The van der Waals surface area contributed by atoms with Gasteiger partial charge in [-0.3, -0.25) is 0 Å². The largest absolute Gasteiger partial charge is 0.346 e. The van der Waals surface area contributed by atoms with Crippen LogP contribution >= 0.6 is 0 Å². The summed E-state index contributed by atoms with van der Waals surface area (Å²) in [7, 11) is 0. The van der Waals surface area contributed by atoms with Crippen LogP contribution in [0.1, 0.15) is 211 Å². The Hall–Kier alpha value is -1.31. The van der Waals surface area contributed by atoms with E-state index in [0.29, 0.717) is 0 Å². The van der Waals surface area contributed by atoms with Gasteiger partial charge in [-0.25, -0.2) is 4.98 Å². The summed E-state index contributed by atoms with van der Waals surface area (Å²) in [5.41, 5.74) is 2.78. The summed E-state index contributed by atoms with van der Waals surface area (Å²) >= 11 is 0. The van der Waals surface area contributed by atoms with E-state index < -0.39 is 0 Å². The predicted octanol–water partition coefficient (Wildman–Crippen LogP) is 13.9. The number of aryl methyl sites for hydroxylation is 3. The highest BCUT2D eigenvalue weighted by molar-refractivity contribution is 5.14. The third-order valence-corrected chi connectivity index (χ3v) is 8.85. The summed E-state index contributed by atoms with van der Waals surface area (Å²) < 4.78 is 0. The molecule has 0 spiro atoms. The van der Waals surface area contributed by atoms with Crippen LogP contribution in [0.4, 0.5) is 0 Å². The number of hydrogen-bond acceptors (Lipinski definition) is 1. The molecule has 1 heterocycles. The molecule has 1 aromatic heterocycles. The molecule has 0 aliphatic heterocycles. The highest BCUT2D eigenvalue weighted by Crippen LogP contribution is 2.17. The molecule has 0 radical (unpaired) electrons. The molecule has 1 rings (SSSR count). The van der Waals surface area contributed by atoms with Crippen molar-refractivity contribution >= 4 is 0 Å². The van der Waals surface area contributed by atoms with Gasteiger partial charge in [-0.2, -0.15) is 0 Å². The Bertz CT molecular complexity index is 668. The zero-order valence-electron chi connectivity index (χ0n) is 29.0. The number of imidazole rings is 1. The molecule has 2 heteroatoms. The fourth-order valence-corrected chi connectivity index (χ4v) is 6.09. The maximum absolute atomic E-state index is 4.84. The van der Waals surface area contributed by atoms with Crippen LogP contribution in [0, 0.1) is 6.92 Å². The Morgan fingerprint density at radius 3 is 1.17 bits per heavy atom. The number of rotatable bonds is 32. The lowest BCUT2D eigenvalue weighted by atomic mass is 10.0. The smallest absolute Gasteiger partial charge is 0.103 e. The highest BCUT2D eigenvalue weighted by atomic mass is 14.9. The van der Waals surface area contributed by atoms with Gasteiger partial charge >= 0.3 is 0 Å². The van der Waals surface area contributed by atoms with Crippen LogP contribution in [-0.2, 0) is 12.8 Å². The number of H-pyrrole nitrogens is 1. The Morgan fingerprint density at radius 1 is 0.429 bits per heavy atom. The fraction of sp³-hybridized carbons (Fsp3) is 0.825. The minimum atomic E-state index is 1.11. The van der Waals surface area contributed by atoms with Crippen LogP contribution in [-0.4, -0.2) is 9.97 Å². The summed E-state index contributed by atoms with van der Waals surface area (Å²) in [5.74, 6) is 1.11. The van der Waals surface area contributed by atoms with Gasteiger partial charge in [0.05, 0.1) is 5.69 Å². The standard InChI is InChI=1S/C40H74N2/c1-4-6-8-10-12-14-16-18-20-22-24-26-28-30-32-34-36-39-40(42-38(3)41-39)37-35-33-31-29-27-25-23-21-19-17-15-13-11-9-7-5-2/h18-21H,4-17,22-37H2,1-3H3,(H,41,42)/b20-18-,21-19-. The second-order valence-electron chi connectivity index (χ2n) is 13.1. The minimum Gasteiger partial charge on any atom is -0.346 e. The van der Waals surface area contributed by atoms with Crippen LogP contribution < -0.4 is 0 Å². The first-order valence-corrected chi connectivity index (χ1v) is 19.1. The summed E-state index contributed by atoms with van der Waals surface area (Å²) in [6.07, 6.45) is 50.5. The molecule has 2 nitrogen and oxygen atoms in total. The molecule has 0 saturated heterocycles. The van der Waals surface area contributed by atoms with E-state index in [9.17, 15) is 0 Å². The lowest BCUT2D eigenvalue weighted by Crippen LogP contribution is -1.95. The van der Waals surface area contributed by atoms with Gasteiger partial charge in [0.1, 0.15) is 5.82 Å². The van der Waals surface area contributed by atoms with Crippen LogP contribution in [0.5, 0.6) is 0 Å². The molecule has 0 amide bonds. The van der Waals surface area contributed by atoms with Gasteiger partial charge in [-0.1, -0.05) is 154 Å². The Kier molecular flexibility index (Phi) is 28.7. The molecule has 0 aromatic carbocycles. The molecule has 0 aliphatic rings. The lowest BCUT2D eigenvalue weighted by Gasteiger charge is -2.04. The van der Waals surface area contributed by atoms with Gasteiger partial charge in [-0.15, -0.1) is 0 Å². The normalized spacial score (nSPS) is 12.0. The van der Waals surface area contributed by atoms with Crippen LogP contribution in [0.15, 0.2) is 24.3 Å². The van der Waals surface area contributed by atoms with Crippen LogP contribution in [0.3, 0.4) is 0 Å².